The van der Waals surface area contributed by atoms with Gasteiger partial charge in [-0.25, -0.2) is 4.79 Å². The van der Waals surface area contributed by atoms with Gasteiger partial charge >= 0.3 is 11.7 Å². The molecule has 1 aromatic rings. The van der Waals surface area contributed by atoms with Crippen LogP contribution >= 0.6 is 0 Å². The van der Waals surface area contributed by atoms with Gasteiger partial charge in [-0.15, -0.1) is 0 Å². The first-order chi connectivity index (χ1) is 9.77. The lowest BCUT2D eigenvalue weighted by Crippen LogP contribution is -2.43. The number of nitro groups is 1. The maximum Gasteiger partial charge on any atom is 0.326 e. The minimum atomic E-state index is -1.27. The van der Waals surface area contributed by atoms with Crippen molar-refractivity contribution in [2.45, 2.75) is 32.9 Å². The molecule has 0 aliphatic carbocycles. The van der Waals surface area contributed by atoms with E-state index in [1.165, 1.54) is 13.8 Å². The number of hydrogen-bond donors (Lipinski definition) is 3. The van der Waals surface area contributed by atoms with Crippen LogP contribution in [0.2, 0.25) is 0 Å². The predicted octanol–water partition coefficient (Wildman–Crippen LogP) is -0.640. The Labute approximate surface area is 119 Å². The highest BCUT2D eigenvalue weighted by Crippen LogP contribution is 2.21. The number of carbonyl (C=O) groups excluding carboxylic acids is 1. The summed E-state index contributed by atoms with van der Waals surface area (Å²) in [5, 5.41) is 34.5. The molecule has 1 aromatic heterocycles. The molecule has 0 radical (unpaired) electrons. The Morgan fingerprint density at radius 3 is 2.52 bits per heavy atom. The molecule has 0 aliphatic heterocycles. The molecular weight excluding hydrogens is 284 g/mol. The van der Waals surface area contributed by atoms with Crippen LogP contribution in [0.1, 0.15) is 17.8 Å². The number of nitrogens with zero attached hydrogens (tertiary/aromatic N) is 3. The summed E-state index contributed by atoms with van der Waals surface area (Å²) < 4.78 is 1.14. The largest absolute Gasteiger partial charge is 0.480 e. The zero-order valence-corrected chi connectivity index (χ0v) is 11.6. The molecule has 1 unspecified atom stereocenters. The molecular formula is C11H16N4O6. The third-order valence-electron chi connectivity index (χ3n) is 2.87. The second kappa shape index (κ2) is 6.79. The highest BCUT2D eigenvalue weighted by atomic mass is 16.6. The van der Waals surface area contributed by atoms with Gasteiger partial charge in [-0.2, -0.15) is 5.10 Å². The fourth-order valence-corrected chi connectivity index (χ4v) is 1.87. The monoisotopic (exact) mass is 300 g/mol. The van der Waals surface area contributed by atoms with Crippen molar-refractivity contribution in [3.63, 3.8) is 0 Å². The van der Waals surface area contributed by atoms with Crippen molar-refractivity contribution in [3.8, 4) is 0 Å². The maximum atomic E-state index is 11.8. The summed E-state index contributed by atoms with van der Waals surface area (Å²) in [6, 6.07) is -1.21. The van der Waals surface area contributed by atoms with Crippen LogP contribution in [0.5, 0.6) is 0 Å². The second-order valence-electron chi connectivity index (χ2n) is 4.40. The normalized spacial score (nSPS) is 12.0. The van der Waals surface area contributed by atoms with Crippen LogP contribution < -0.4 is 5.32 Å². The lowest BCUT2D eigenvalue weighted by molar-refractivity contribution is -0.386. The molecule has 0 fully saturated rings. The van der Waals surface area contributed by atoms with Crippen LogP contribution in [0.25, 0.3) is 0 Å². The summed E-state index contributed by atoms with van der Waals surface area (Å²) in [6.07, 6.45) is -0.127. The molecule has 0 spiro atoms. The van der Waals surface area contributed by atoms with Crippen LogP contribution in [0.3, 0.4) is 0 Å². The summed E-state index contributed by atoms with van der Waals surface area (Å²) in [4.78, 5) is 32.9. The minimum Gasteiger partial charge on any atom is -0.480 e. The van der Waals surface area contributed by atoms with Crippen LogP contribution in [0.15, 0.2) is 0 Å². The van der Waals surface area contributed by atoms with Gasteiger partial charge < -0.3 is 15.5 Å². The van der Waals surface area contributed by atoms with Crippen molar-refractivity contribution >= 4 is 17.6 Å². The van der Waals surface area contributed by atoms with Crippen LogP contribution in [-0.2, 0) is 16.1 Å². The average Bonchev–Trinajstić information content (AvgIpc) is 2.63. The van der Waals surface area contributed by atoms with E-state index in [0.717, 1.165) is 4.68 Å². The first-order valence-corrected chi connectivity index (χ1v) is 6.09. The lowest BCUT2D eigenvalue weighted by atomic mass is 10.2. The van der Waals surface area contributed by atoms with Crippen molar-refractivity contribution in [1.82, 2.24) is 15.1 Å². The second-order valence-corrected chi connectivity index (χ2v) is 4.40. The Balaban J connectivity index is 2.82. The number of aliphatic hydroxyl groups is 1. The molecule has 0 saturated heterocycles. The molecule has 21 heavy (non-hydrogen) atoms. The number of nitrogens with one attached hydrogen (secondary N) is 1. The van der Waals surface area contributed by atoms with Crippen molar-refractivity contribution in [1.29, 1.82) is 0 Å². The summed E-state index contributed by atoms with van der Waals surface area (Å²) >= 11 is 0. The molecule has 1 amide bonds. The molecule has 0 aromatic carbocycles. The molecule has 0 bridgehead atoms. The average molecular weight is 300 g/mol. The molecule has 10 heteroatoms. The van der Waals surface area contributed by atoms with Gasteiger partial charge in [0.05, 0.1) is 4.92 Å². The maximum absolute atomic E-state index is 11.8. The minimum absolute atomic E-state index is 0.127. The van der Waals surface area contributed by atoms with E-state index >= 15 is 0 Å². The number of rotatable bonds is 7. The first-order valence-electron chi connectivity index (χ1n) is 6.09. The third-order valence-corrected chi connectivity index (χ3v) is 2.87. The summed E-state index contributed by atoms with van der Waals surface area (Å²) in [6.45, 7) is 2.18. The molecule has 0 aliphatic rings. The Morgan fingerprint density at radius 2 is 2.10 bits per heavy atom. The fraction of sp³-hybridized carbons (Fsp3) is 0.545. The number of hydrogen-bond acceptors (Lipinski definition) is 6. The van der Waals surface area contributed by atoms with Gasteiger partial charge in [0.1, 0.15) is 24.0 Å². The fourth-order valence-electron chi connectivity index (χ4n) is 1.87. The number of aromatic nitrogens is 2. The van der Waals surface area contributed by atoms with E-state index in [2.05, 4.69) is 10.4 Å². The zero-order chi connectivity index (χ0) is 16.2. The van der Waals surface area contributed by atoms with Crippen molar-refractivity contribution in [2.24, 2.45) is 0 Å². The third kappa shape index (κ3) is 3.99. The topological polar surface area (TPSA) is 148 Å². The van der Waals surface area contributed by atoms with Gasteiger partial charge in [-0.3, -0.25) is 19.6 Å². The number of aryl methyl sites for hydroxylation is 1. The van der Waals surface area contributed by atoms with E-state index in [9.17, 15) is 19.7 Å². The number of aliphatic carboxylic acids is 1. The van der Waals surface area contributed by atoms with Gasteiger partial charge in [0, 0.05) is 13.0 Å². The van der Waals surface area contributed by atoms with E-state index in [1.54, 1.807) is 0 Å². The Morgan fingerprint density at radius 1 is 1.48 bits per heavy atom. The van der Waals surface area contributed by atoms with Gasteiger partial charge in [-0.05, 0) is 13.8 Å². The molecule has 1 atom stereocenters. The highest BCUT2D eigenvalue weighted by Gasteiger charge is 2.24. The number of carboxylic acid groups (broad SMARTS) is 1. The SMILES string of the molecule is Cc1nn(CC(=O)NC(CCO)C(=O)O)c(C)c1[N+](=O)[O-]. The van der Waals surface area contributed by atoms with E-state index in [0.29, 0.717) is 0 Å². The predicted molar refractivity (Wildman–Crippen MR) is 69.6 cm³/mol. The standard InChI is InChI=1S/C11H16N4O6/c1-6-10(15(20)21)7(2)14(13-6)5-9(17)12-8(3-4-16)11(18)19/h8,16H,3-5H2,1-2H3,(H,12,17)(H,18,19). The van der Waals surface area contributed by atoms with Crippen LogP contribution in [-0.4, -0.2) is 49.4 Å². The van der Waals surface area contributed by atoms with Gasteiger partial charge in [-0.1, -0.05) is 0 Å². The molecule has 116 valence electrons. The van der Waals surface area contributed by atoms with E-state index < -0.39 is 22.8 Å². The Bertz CT molecular complexity index is 567. The van der Waals surface area contributed by atoms with Crippen molar-refractivity contribution < 1.29 is 24.7 Å². The van der Waals surface area contributed by atoms with Gasteiger partial charge in [0.15, 0.2) is 0 Å². The van der Waals surface area contributed by atoms with Crippen LogP contribution in [0.4, 0.5) is 5.69 Å². The quantitative estimate of drug-likeness (QED) is 0.448. The zero-order valence-electron chi connectivity index (χ0n) is 11.6. The van der Waals surface area contributed by atoms with E-state index in [-0.39, 0.29) is 36.6 Å². The molecule has 1 rings (SSSR count). The molecule has 3 N–H and O–H groups in total. The lowest BCUT2D eigenvalue weighted by Gasteiger charge is -2.13. The summed E-state index contributed by atoms with van der Waals surface area (Å²) in [7, 11) is 0. The number of amides is 1. The van der Waals surface area contributed by atoms with Gasteiger partial charge in [0.2, 0.25) is 5.91 Å². The number of carboxylic acids is 1. The van der Waals surface area contributed by atoms with E-state index in [4.69, 9.17) is 10.2 Å². The molecule has 1 heterocycles. The Kier molecular flexibility index (Phi) is 5.36. The van der Waals surface area contributed by atoms with Crippen molar-refractivity contribution in [3.05, 3.63) is 21.5 Å². The summed E-state index contributed by atoms with van der Waals surface area (Å²) in [5.74, 6) is -1.92. The van der Waals surface area contributed by atoms with E-state index in [1.807, 2.05) is 0 Å². The molecule has 0 saturated carbocycles. The summed E-state index contributed by atoms with van der Waals surface area (Å²) in [5.41, 5.74) is 0.213. The first kappa shape index (κ1) is 16.6. The van der Waals surface area contributed by atoms with Crippen molar-refractivity contribution in [2.75, 3.05) is 6.61 Å². The number of aliphatic hydroxyl groups excluding tert-OH is 1. The smallest absolute Gasteiger partial charge is 0.326 e. The van der Waals surface area contributed by atoms with Crippen LogP contribution in [0, 0.1) is 24.0 Å². The Hall–Kier alpha value is -2.49. The van der Waals surface area contributed by atoms with Gasteiger partial charge in [0.25, 0.3) is 0 Å². The highest BCUT2D eigenvalue weighted by molar-refractivity contribution is 5.83. The number of carbonyl (C=O) groups is 2. The molecule has 10 nitrogen and oxygen atoms in total.